The number of nitrogens with zero attached hydrogens (tertiary/aromatic N) is 1. The van der Waals surface area contributed by atoms with E-state index < -0.39 is 11.7 Å². The highest BCUT2D eigenvalue weighted by molar-refractivity contribution is 7.16. The largest absolute Gasteiger partial charge is 0.492 e. The van der Waals surface area contributed by atoms with Crippen LogP contribution < -0.4 is 14.9 Å². The molecule has 1 heterocycles. The Morgan fingerprint density at radius 1 is 0.946 bits per heavy atom. The molecule has 1 amide bonds. The monoisotopic (exact) mass is 518 g/mol. The standard InChI is InChI=1S/C29H30N2O5S/c1-29(2,3)36-27(33)30-16-15-20-9-12-23(13-10-20)35-18-17-31-24-14-11-22(19-25(24)37-28(31)34)26(32)21-7-5-4-6-8-21/h4-14,19H,15-18H2,1-3H3,(H,30,33). The van der Waals surface area contributed by atoms with Crippen molar-refractivity contribution in [1.82, 2.24) is 9.88 Å². The van der Waals surface area contributed by atoms with E-state index in [0.717, 1.165) is 27.1 Å². The first-order chi connectivity index (χ1) is 17.7. The highest BCUT2D eigenvalue weighted by atomic mass is 32.1. The zero-order valence-electron chi connectivity index (χ0n) is 21.2. The number of benzene rings is 3. The third kappa shape index (κ3) is 7.07. The molecule has 0 radical (unpaired) electrons. The van der Waals surface area contributed by atoms with Crippen molar-refractivity contribution < 1.29 is 19.1 Å². The lowest BCUT2D eigenvalue weighted by Crippen LogP contribution is -2.33. The predicted octanol–water partition coefficient (Wildman–Crippen LogP) is 5.44. The lowest BCUT2D eigenvalue weighted by atomic mass is 10.0. The Balaban J connectivity index is 1.30. The first-order valence-electron chi connectivity index (χ1n) is 12.1. The van der Waals surface area contributed by atoms with Crippen LogP contribution in [0.5, 0.6) is 5.75 Å². The van der Waals surface area contributed by atoms with Crippen LogP contribution in [0.1, 0.15) is 42.3 Å². The van der Waals surface area contributed by atoms with Crippen molar-refractivity contribution in [3.05, 3.63) is 99.2 Å². The summed E-state index contributed by atoms with van der Waals surface area (Å²) in [6, 6.07) is 22.1. The number of hydrogen-bond acceptors (Lipinski definition) is 6. The average molecular weight is 519 g/mol. The Morgan fingerprint density at radius 3 is 2.38 bits per heavy atom. The number of alkyl carbamates (subject to hydrolysis) is 1. The fourth-order valence-corrected chi connectivity index (χ4v) is 4.76. The molecule has 0 fully saturated rings. The molecule has 7 nitrogen and oxygen atoms in total. The molecule has 0 aliphatic carbocycles. The van der Waals surface area contributed by atoms with Crippen LogP contribution in [-0.2, 0) is 17.7 Å². The van der Waals surface area contributed by atoms with E-state index in [0.29, 0.717) is 43.0 Å². The van der Waals surface area contributed by atoms with E-state index in [1.807, 2.05) is 69.3 Å². The van der Waals surface area contributed by atoms with Crippen molar-refractivity contribution in [2.24, 2.45) is 0 Å². The molecular formula is C29H30N2O5S. The summed E-state index contributed by atoms with van der Waals surface area (Å²) in [4.78, 5) is 37.0. The maximum atomic E-state index is 12.7. The number of aromatic nitrogens is 1. The molecule has 0 bridgehead atoms. The van der Waals surface area contributed by atoms with E-state index in [-0.39, 0.29) is 10.7 Å². The number of thiazole rings is 1. The SMILES string of the molecule is CC(C)(C)OC(=O)NCCc1ccc(OCCn2c(=O)sc3cc(C(=O)c4ccccc4)ccc32)cc1. The maximum Gasteiger partial charge on any atom is 0.407 e. The predicted molar refractivity (Wildman–Crippen MR) is 146 cm³/mol. The van der Waals surface area contributed by atoms with Gasteiger partial charge in [-0.15, -0.1) is 0 Å². The molecule has 4 aromatic rings. The number of carbonyl (C=O) groups excluding carboxylic acids is 2. The van der Waals surface area contributed by atoms with Gasteiger partial charge in [-0.1, -0.05) is 53.8 Å². The van der Waals surface area contributed by atoms with Gasteiger partial charge in [-0.25, -0.2) is 4.79 Å². The summed E-state index contributed by atoms with van der Waals surface area (Å²) < 4.78 is 13.5. The van der Waals surface area contributed by atoms with Gasteiger partial charge in [-0.05, 0) is 63.1 Å². The van der Waals surface area contributed by atoms with Crippen LogP contribution >= 0.6 is 11.3 Å². The molecule has 1 N–H and O–H groups in total. The van der Waals surface area contributed by atoms with Crippen molar-refractivity contribution in [2.75, 3.05) is 13.2 Å². The average Bonchev–Trinajstić information content (AvgIpc) is 3.18. The van der Waals surface area contributed by atoms with E-state index in [9.17, 15) is 14.4 Å². The van der Waals surface area contributed by atoms with E-state index in [1.165, 1.54) is 0 Å². The lowest BCUT2D eigenvalue weighted by molar-refractivity contribution is 0.0528. The normalized spacial score (nSPS) is 11.3. The van der Waals surface area contributed by atoms with Gasteiger partial charge in [0.15, 0.2) is 5.78 Å². The topological polar surface area (TPSA) is 86.6 Å². The molecule has 0 saturated heterocycles. The third-order valence-corrected chi connectivity index (χ3v) is 6.50. The van der Waals surface area contributed by atoms with Gasteiger partial charge in [0.25, 0.3) is 0 Å². The van der Waals surface area contributed by atoms with Gasteiger partial charge in [-0.2, -0.15) is 0 Å². The molecule has 8 heteroatoms. The number of nitrogens with one attached hydrogen (secondary N) is 1. The number of fused-ring (bicyclic) bond motifs is 1. The summed E-state index contributed by atoms with van der Waals surface area (Å²) in [5.41, 5.74) is 2.51. The molecule has 0 aliphatic rings. The van der Waals surface area contributed by atoms with Crippen molar-refractivity contribution >= 4 is 33.4 Å². The van der Waals surface area contributed by atoms with E-state index in [4.69, 9.17) is 9.47 Å². The smallest absolute Gasteiger partial charge is 0.407 e. The Bertz CT molecular complexity index is 1430. The first-order valence-corrected chi connectivity index (χ1v) is 12.9. The summed E-state index contributed by atoms with van der Waals surface area (Å²) in [6.07, 6.45) is 0.243. The van der Waals surface area contributed by atoms with Crippen molar-refractivity contribution in [3.8, 4) is 5.75 Å². The number of amides is 1. The molecule has 0 spiro atoms. The number of ketones is 1. The zero-order chi connectivity index (χ0) is 26.4. The molecule has 192 valence electrons. The molecule has 1 aromatic heterocycles. The summed E-state index contributed by atoms with van der Waals surface area (Å²) in [5.74, 6) is 0.634. The lowest BCUT2D eigenvalue weighted by Gasteiger charge is -2.19. The molecule has 0 aliphatic heterocycles. The van der Waals surface area contributed by atoms with Gasteiger partial charge in [0.05, 0.1) is 16.8 Å². The van der Waals surface area contributed by atoms with Crippen LogP contribution in [0.15, 0.2) is 77.6 Å². The number of rotatable bonds is 9. The molecular weight excluding hydrogens is 488 g/mol. The second-order valence-corrected chi connectivity index (χ2v) is 10.6. The fourth-order valence-electron chi connectivity index (χ4n) is 3.81. The quantitative estimate of drug-likeness (QED) is 0.298. The summed E-state index contributed by atoms with van der Waals surface area (Å²) >= 11 is 1.13. The van der Waals surface area contributed by atoms with Gasteiger partial charge in [0, 0.05) is 17.7 Å². The summed E-state index contributed by atoms with van der Waals surface area (Å²) in [7, 11) is 0. The number of carbonyl (C=O) groups is 2. The van der Waals surface area contributed by atoms with Gasteiger partial charge in [-0.3, -0.25) is 14.2 Å². The van der Waals surface area contributed by atoms with Crippen LogP contribution in [0, 0.1) is 0 Å². The molecule has 0 atom stereocenters. The van der Waals surface area contributed by atoms with E-state index in [1.54, 1.807) is 28.8 Å². The second-order valence-electron chi connectivity index (χ2n) is 9.57. The fraction of sp³-hybridized carbons (Fsp3) is 0.276. The summed E-state index contributed by atoms with van der Waals surface area (Å²) in [5, 5.41) is 2.75. The van der Waals surface area contributed by atoms with Crippen molar-refractivity contribution in [2.45, 2.75) is 39.3 Å². The second kappa shape index (κ2) is 11.4. The van der Waals surface area contributed by atoms with Crippen molar-refractivity contribution in [1.29, 1.82) is 0 Å². The minimum absolute atomic E-state index is 0.0673. The van der Waals surface area contributed by atoms with Gasteiger partial charge in [0.2, 0.25) is 0 Å². The summed E-state index contributed by atoms with van der Waals surface area (Å²) in [6.45, 7) is 6.68. The Labute approximate surface area is 219 Å². The highest BCUT2D eigenvalue weighted by Crippen LogP contribution is 2.21. The Morgan fingerprint density at radius 2 is 1.68 bits per heavy atom. The minimum atomic E-state index is -0.520. The molecule has 37 heavy (non-hydrogen) atoms. The van der Waals surface area contributed by atoms with Crippen LogP contribution in [0.4, 0.5) is 4.79 Å². The zero-order valence-corrected chi connectivity index (χ0v) is 22.0. The number of hydrogen-bond donors (Lipinski definition) is 1. The molecule has 4 rings (SSSR count). The first kappa shape index (κ1) is 26.2. The Kier molecular flexibility index (Phi) is 8.08. The van der Waals surface area contributed by atoms with Crippen LogP contribution in [0.25, 0.3) is 10.2 Å². The minimum Gasteiger partial charge on any atom is -0.492 e. The van der Waals surface area contributed by atoms with Gasteiger partial charge >= 0.3 is 11.0 Å². The molecule has 0 unspecified atom stereocenters. The van der Waals surface area contributed by atoms with Crippen LogP contribution in [0.2, 0.25) is 0 Å². The van der Waals surface area contributed by atoms with Crippen LogP contribution in [0.3, 0.4) is 0 Å². The van der Waals surface area contributed by atoms with Crippen LogP contribution in [-0.4, -0.2) is 35.2 Å². The maximum absolute atomic E-state index is 12.7. The van der Waals surface area contributed by atoms with E-state index in [2.05, 4.69) is 5.32 Å². The highest BCUT2D eigenvalue weighted by Gasteiger charge is 2.16. The van der Waals surface area contributed by atoms with Gasteiger partial charge in [0.1, 0.15) is 18.0 Å². The van der Waals surface area contributed by atoms with Crippen molar-refractivity contribution in [3.63, 3.8) is 0 Å². The molecule has 3 aromatic carbocycles. The number of ether oxygens (including phenoxy) is 2. The van der Waals surface area contributed by atoms with E-state index >= 15 is 0 Å². The Hall–Kier alpha value is -3.91. The third-order valence-electron chi connectivity index (χ3n) is 5.56. The molecule has 0 saturated carbocycles. The van der Waals surface area contributed by atoms with Gasteiger partial charge < -0.3 is 14.8 Å².